The van der Waals surface area contributed by atoms with Gasteiger partial charge in [-0.25, -0.2) is 4.79 Å². The largest absolute Gasteiger partial charge is 0.507 e. The molecule has 1 heterocycles. The molecule has 2 aromatic rings. The minimum absolute atomic E-state index is 0.0637. The van der Waals surface area contributed by atoms with Gasteiger partial charge in [-0.3, -0.25) is 4.79 Å². The van der Waals surface area contributed by atoms with Crippen molar-refractivity contribution in [2.75, 3.05) is 0 Å². The molecule has 0 saturated heterocycles. The van der Waals surface area contributed by atoms with Crippen LogP contribution in [0.25, 0.3) is 10.9 Å². The summed E-state index contributed by atoms with van der Waals surface area (Å²) in [6, 6.07) is 5.73. The van der Waals surface area contributed by atoms with Crippen LogP contribution in [0.3, 0.4) is 0 Å². The fourth-order valence-electron chi connectivity index (χ4n) is 1.37. The van der Waals surface area contributed by atoms with Gasteiger partial charge in [0.25, 0.3) is 5.56 Å². The third-order valence-electron chi connectivity index (χ3n) is 2.10. The van der Waals surface area contributed by atoms with E-state index in [2.05, 4.69) is 4.98 Å². The zero-order valence-corrected chi connectivity index (χ0v) is 7.52. The SMILES string of the molecule is O=C(O)c1cc2c(O)cccc2[nH]c1=O. The van der Waals surface area contributed by atoms with Crippen molar-refractivity contribution < 1.29 is 15.0 Å². The highest BCUT2D eigenvalue weighted by Crippen LogP contribution is 2.21. The predicted octanol–water partition coefficient (Wildman–Crippen LogP) is 0.932. The summed E-state index contributed by atoms with van der Waals surface area (Å²) in [5.41, 5.74) is -0.658. The van der Waals surface area contributed by atoms with E-state index in [-0.39, 0.29) is 11.3 Å². The number of nitrogens with one attached hydrogen (secondary N) is 1. The smallest absolute Gasteiger partial charge is 0.341 e. The quantitative estimate of drug-likeness (QED) is 0.646. The number of carboxylic acid groups (broad SMARTS) is 1. The number of benzene rings is 1. The number of pyridine rings is 1. The number of hydrogen-bond acceptors (Lipinski definition) is 3. The molecule has 5 heteroatoms. The molecule has 0 atom stereocenters. The number of aromatic hydroxyl groups is 1. The number of phenols is 1. The van der Waals surface area contributed by atoms with Crippen molar-refractivity contribution in [2.24, 2.45) is 0 Å². The molecule has 0 fully saturated rings. The zero-order valence-electron chi connectivity index (χ0n) is 7.52. The molecule has 0 aliphatic carbocycles. The molecule has 2 rings (SSSR count). The Morgan fingerprint density at radius 2 is 2.07 bits per heavy atom. The van der Waals surface area contributed by atoms with Crippen LogP contribution in [0.1, 0.15) is 10.4 Å². The molecule has 5 nitrogen and oxygen atoms in total. The maximum absolute atomic E-state index is 11.3. The number of rotatable bonds is 1. The van der Waals surface area contributed by atoms with Gasteiger partial charge in [0.05, 0.1) is 5.52 Å². The first kappa shape index (κ1) is 9.26. The average molecular weight is 205 g/mol. The summed E-state index contributed by atoms with van der Waals surface area (Å²) in [7, 11) is 0. The summed E-state index contributed by atoms with van der Waals surface area (Å²) in [6.07, 6.45) is 0. The maximum atomic E-state index is 11.3. The van der Waals surface area contributed by atoms with Crippen LogP contribution in [0.15, 0.2) is 29.1 Å². The first-order valence-electron chi connectivity index (χ1n) is 4.18. The van der Waals surface area contributed by atoms with Gasteiger partial charge in [0, 0.05) is 5.39 Å². The number of H-pyrrole nitrogens is 1. The molecule has 0 spiro atoms. The summed E-state index contributed by atoms with van der Waals surface area (Å²) in [5, 5.41) is 18.5. The molecule has 15 heavy (non-hydrogen) atoms. The molecular formula is C10H7NO4. The van der Waals surface area contributed by atoms with Gasteiger partial charge in [0.1, 0.15) is 11.3 Å². The summed E-state index contributed by atoms with van der Waals surface area (Å²) in [4.78, 5) is 24.3. The van der Waals surface area contributed by atoms with E-state index in [0.717, 1.165) is 6.07 Å². The molecule has 3 N–H and O–H groups in total. The molecule has 0 aliphatic rings. The van der Waals surface area contributed by atoms with Gasteiger partial charge < -0.3 is 15.2 Å². The van der Waals surface area contributed by atoms with E-state index in [4.69, 9.17) is 5.11 Å². The first-order chi connectivity index (χ1) is 7.09. The molecular weight excluding hydrogens is 198 g/mol. The molecule has 0 bridgehead atoms. The van der Waals surface area contributed by atoms with Crippen LogP contribution in [-0.4, -0.2) is 21.2 Å². The molecule has 0 aliphatic heterocycles. The van der Waals surface area contributed by atoms with Gasteiger partial charge in [-0.05, 0) is 18.2 Å². The Morgan fingerprint density at radius 1 is 1.33 bits per heavy atom. The first-order valence-corrected chi connectivity index (χ1v) is 4.18. The van der Waals surface area contributed by atoms with Crippen molar-refractivity contribution in [2.45, 2.75) is 0 Å². The number of aromatic carboxylic acids is 1. The molecule has 0 unspecified atom stereocenters. The topological polar surface area (TPSA) is 90.4 Å². The van der Waals surface area contributed by atoms with E-state index in [9.17, 15) is 14.7 Å². The Bertz CT molecular complexity index is 600. The fraction of sp³-hybridized carbons (Fsp3) is 0. The van der Waals surface area contributed by atoms with Gasteiger partial charge in [0.15, 0.2) is 0 Å². The normalized spacial score (nSPS) is 10.4. The monoisotopic (exact) mass is 205 g/mol. The van der Waals surface area contributed by atoms with Crippen LogP contribution in [0.4, 0.5) is 0 Å². The second-order valence-electron chi connectivity index (χ2n) is 3.06. The molecule has 1 aromatic heterocycles. The number of phenolic OH excluding ortho intramolecular Hbond substituents is 1. The second-order valence-corrected chi connectivity index (χ2v) is 3.06. The summed E-state index contributed by atoms with van der Waals surface area (Å²) < 4.78 is 0. The van der Waals surface area contributed by atoms with Gasteiger partial charge in [-0.15, -0.1) is 0 Å². The van der Waals surface area contributed by atoms with Crippen LogP contribution in [0, 0.1) is 0 Å². The number of fused-ring (bicyclic) bond motifs is 1. The lowest BCUT2D eigenvalue weighted by Gasteiger charge is -2.01. The second kappa shape index (κ2) is 3.13. The fourth-order valence-corrected chi connectivity index (χ4v) is 1.37. The lowest BCUT2D eigenvalue weighted by Crippen LogP contribution is -2.16. The summed E-state index contributed by atoms with van der Waals surface area (Å²) >= 11 is 0. The third-order valence-corrected chi connectivity index (χ3v) is 2.10. The average Bonchev–Trinajstić information content (AvgIpc) is 2.16. The van der Waals surface area contributed by atoms with Crippen molar-refractivity contribution in [1.29, 1.82) is 0 Å². The van der Waals surface area contributed by atoms with E-state index in [0.29, 0.717) is 10.9 Å². The molecule has 0 radical (unpaired) electrons. The third kappa shape index (κ3) is 1.43. The Morgan fingerprint density at radius 3 is 2.73 bits per heavy atom. The van der Waals surface area contributed by atoms with E-state index in [1.54, 1.807) is 12.1 Å². The number of hydrogen-bond donors (Lipinski definition) is 3. The van der Waals surface area contributed by atoms with E-state index in [1.165, 1.54) is 6.07 Å². The van der Waals surface area contributed by atoms with Crippen LogP contribution in [0.2, 0.25) is 0 Å². The Balaban J connectivity index is 2.90. The summed E-state index contributed by atoms with van der Waals surface area (Å²) in [5.74, 6) is -1.38. The molecule has 0 amide bonds. The number of aromatic amines is 1. The number of carboxylic acids is 1. The van der Waals surface area contributed by atoms with Crippen LogP contribution >= 0.6 is 0 Å². The van der Waals surface area contributed by atoms with Crippen molar-refractivity contribution in [3.05, 3.63) is 40.2 Å². The molecule has 76 valence electrons. The van der Waals surface area contributed by atoms with Crippen molar-refractivity contribution >= 4 is 16.9 Å². The van der Waals surface area contributed by atoms with Crippen molar-refractivity contribution in [3.8, 4) is 5.75 Å². The minimum atomic E-state index is -1.32. The van der Waals surface area contributed by atoms with Crippen LogP contribution in [-0.2, 0) is 0 Å². The van der Waals surface area contributed by atoms with E-state index < -0.39 is 11.5 Å². The minimum Gasteiger partial charge on any atom is -0.507 e. The van der Waals surface area contributed by atoms with Crippen LogP contribution in [0.5, 0.6) is 5.75 Å². The van der Waals surface area contributed by atoms with E-state index >= 15 is 0 Å². The lowest BCUT2D eigenvalue weighted by atomic mass is 10.1. The molecule has 0 saturated carbocycles. The van der Waals surface area contributed by atoms with Gasteiger partial charge in [-0.1, -0.05) is 6.07 Å². The maximum Gasteiger partial charge on any atom is 0.341 e. The Labute approximate surface area is 83.6 Å². The highest BCUT2D eigenvalue weighted by atomic mass is 16.4. The van der Waals surface area contributed by atoms with Gasteiger partial charge in [0.2, 0.25) is 0 Å². The number of aromatic nitrogens is 1. The van der Waals surface area contributed by atoms with Crippen molar-refractivity contribution in [3.63, 3.8) is 0 Å². The Hall–Kier alpha value is -2.30. The molecule has 1 aromatic carbocycles. The van der Waals surface area contributed by atoms with Gasteiger partial charge >= 0.3 is 5.97 Å². The zero-order chi connectivity index (χ0) is 11.0. The number of carbonyl (C=O) groups is 1. The van der Waals surface area contributed by atoms with E-state index in [1.807, 2.05) is 0 Å². The lowest BCUT2D eigenvalue weighted by molar-refractivity contribution is 0.0695. The standard InChI is InChI=1S/C10H7NO4/c12-8-3-1-2-7-5(8)4-6(10(14)15)9(13)11-7/h1-4,12H,(H,11,13)(H,14,15). The van der Waals surface area contributed by atoms with Gasteiger partial charge in [-0.2, -0.15) is 0 Å². The highest BCUT2D eigenvalue weighted by Gasteiger charge is 2.11. The highest BCUT2D eigenvalue weighted by molar-refractivity contribution is 5.94. The predicted molar refractivity (Wildman–Crippen MR) is 53.2 cm³/mol. The van der Waals surface area contributed by atoms with Crippen LogP contribution < -0.4 is 5.56 Å². The van der Waals surface area contributed by atoms with Crippen molar-refractivity contribution in [1.82, 2.24) is 4.98 Å². The Kier molecular flexibility index (Phi) is 1.93. The summed E-state index contributed by atoms with van der Waals surface area (Å²) in [6.45, 7) is 0.